The van der Waals surface area contributed by atoms with Crippen molar-refractivity contribution in [3.8, 4) is 0 Å². The predicted molar refractivity (Wildman–Crippen MR) is 77.7 cm³/mol. The quantitative estimate of drug-likeness (QED) is 0.784. The van der Waals surface area contributed by atoms with Crippen molar-refractivity contribution in [1.82, 2.24) is 5.32 Å². The molecule has 0 bridgehead atoms. The van der Waals surface area contributed by atoms with Crippen LogP contribution in [-0.2, 0) is 14.3 Å². The molecule has 0 spiro atoms. The molecule has 0 aromatic heterocycles. The third kappa shape index (κ3) is 3.41. The average molecular weight is 283 g/mol. The molecular weight excluding hydrogens is 262 g/mol. The zero-order valence-corrected chi connectivity index (χ0v) is 12.9. The van der Waals surface area contributed by atoms with Crippen molar-refractivity contribution < 1.29 is 14.3 Å². The second-order valence-electron chi connectivity index (χ2n) is 4.58. The molecule has 0 fully saturated rings. The summed E-state index contributed by atoms with van der Waals surface area (Å²) < 4.78 is 4.86. The van der Waals surface area contributed by atoms with Crippen molar-refractivity contribution in [1.29, 1.82) is 0 Å². The predicted octanol–water partition coefficient (Wildman–Crippen LogP) is 2.27. The van der Waals surface area contributed by atoms with Gasteiger partial charge in [0.2, 0.25) is 0 Å². The van der Waals surface area contributed by atoms with Crippen LogP contribution in [0.3, 0.4) is 0 Å². The van der Waals surface area contributed by atoms with Gasteiger partial charge in [-0.1, -0.05) is 0 Å². The molecule has 1 aliphatic rings. The molecule has 1 unspecified atom stereocenters. The summed E-state index contributed by atoms with van der Waals surface area (Å²) in [7, 11) is 1.37. The van der Waals surface area contributed by atoms with Gasteiger partial charge < -0.3 is 10.1 Å². The van der Waals surface area contributed by atoms with Gasteiger partial charge in [0.05, 0.1) is 12.7 Å². The van der Waals surface area contributed by atoms with E-state index in [2.05, 4.69) is 5.32 Å². The number of hydrogen-bond donors (Lipinski definition) is 1. The molecule has 1 atom stereocenters. The Balaban J connectivity index is 3.23. The topological polar surface area (TPSA) is 55.4 Å². The number of thioether (sulfide) groups is 1. The highest BCUT2D eigenvalue weighted by Gasteiger charge is 2.33. The van der Waals surface area contributed by atoms with E-state index in [1.807, 2.05) is 20.1 Å². The van der Waals surface area contributed by atoms with Crippen LogP contribution in [0.5, 0.6) is 0 Å². The number of carbonyl (C=O) groups is 2. The van der Waals surface area contributed by atoms with Crippen LogP contribution in [0.1, 0.15) is 27.2 Å². The summed E-state index contributed by atoms with van der Waals surface area (Å²) in [5.74, 6) is 0.369. The highest BCUT2D eigenvalue weighted by Crippen LogP contribution is 2.33. The molecule has 0 aromatic rings. The molecule has 0 aromatic carbocycles. The van der Waals surface area contributed by atoms with Crippen LogP contribution in [0.2, 0.25) is 0 Å². The van der Waals surface area contributed by atoms with Crippen LogP contribution in [0.15, 0.2) is 22.5 Å². The first-order valence-electron chi connectivity index (χ1n) is 6.20. The number of rotatable bonds is 5. The molecule has 19 heavy (non-hydrogen) atoms. The zero-order valence-electron chi connectivity index (χ0n) is 12.1. The lowest BCUT2D eigenvalue weighted by atomic mass is 9.82. The highest BCUT2D eigenvalue weighted by atomic mass is 32.2. The molecule has 0 radical (unpaired) electrons. The van der Waals surface area contributed by atoms with Crippen LogP contribution in [0.25, 0.3) is 0 Å². The van der Waals surface area contributed by atoms with Gasteiger partial charge in [0.1, 0.15) is 0 Å². The number of nitrogens with one attached hydrogen (secondary N) is 1. The summed E-state index contributed by atoms with van der Waals surface area (Å²) in [5.41, 5.74) is 2.89. The second kappa shape index (κ2) is 6.80. The lowest BCUT2D eigenvalue weighted by Crippen LogP contribution is -2.32. The van der Waals surface area contributed by atoms with Crippen LogP contribution in [0.4, 0.5) is 0 Å². The normalized spacial score (nSPS) is 19.3. The molecule has 4 nitrogen and oxygen atoms in total. The Bertz CT molecular complexity index is 452. The molecular formula is C14H21NO3S. The fraction of sp³-hybridized carbons (Fsp3) is 0.571. The number of ketones is 1. The number of esters is 1. The van der Waals surface area contributed by atoms with Gasteiger partial charge in [0.15, 0.2) is 5.78 Å². The number of allylic oxidation sites excluding steroid dienone is 3. The standard InChI is InChI=1S/C14H21NO3S/c1-8-12(10(3)16)11(6-7-19-5)13(9(2)15-8)14(17)18-4/h11,15H,6-7H2,1-5H3. The molecule has 0 saturated carbocycles. The van der Waals surface area contributed by atoms with Crippen molar-refractivity contribution >= 4 is 23.5 Å². The SMILES string of the molecule is COC(=O)C1=C(C)NC(C)=C(C(C)=O)C1CCSC. The van der Waals surface area contributed by atoms with Gasteiger partial charge in [-0.25, -0.2) is 4.79 Å². The average Bonchev–Trinajstić information content (AvgIpc) is 2.34. The summed E-state index contributed by atoms with van der Waals surface area (Å²) in [4.78, 5) is 23.8. The van der Waals surface area contributed by atoms with E-state index in [1.54, 1.807) is 18.7 Å². The Morgan fingerprint density at radius 1 is 1.26 bits per heavy atom. The van der Waals surface area contributed by atoms with E-state index in [1.165, 1.54) is 7.11 Å². The molecule has 5 heteroatoms. The lowest BCUT2D eigenvalue weighted by Gasteiger charge is -2.29. The van der Waals surface area contributed by atoms with Crippen LogP contribution in [-0.4, -0.2) is 30.9 Å². The minimum atomic E-state index is -0.359. The highest BCUT2D eigenvalue weighted by molar-refractivity contribution is 7.98. The van der Waals surface area contributed by atoms with Crippen molar-refractivity contribution in [2.75, 3.05) is 19.1 Å². The molecule has 1 N–H and O–H groups in total. The zero-order chi connectivity index (χ0) is 14.6. The Morgan fingerprint density at radius 3 is 2.32 bits per heavy atom. The fourth-order valence-electron chi connectivity index (χ4n) is 2.52. The van der Waals surface area contributed by atoms with Gasteiger partial charge in [-0.05, 0) is 39.2 Å². The van der Waals surface area contributed by atoms with E-state index < -0.39 is 0 Å². The lowest BCUT2D eigenvalue weighted by molar-refractivity contribution is -0.136. The minimum Gasteiger partial charge on any atom is -0.466 e. The van der Waals surface area contributed by atoms with E-state index in [0.717, 1.165) is 23.6 Å². The molecule has 1 aliphatic heterocycles. The first-order chi connectivity index (χ1) is 8.93. The Kier molecular flexibility index (Phi) is 5.66. The van der Waals surface area contributed by atoms with E-state index in [4.69, 9.17) is 4.74 Å². The van der Waals surface area contributed by atoms with E-state index in [0.29, 0.717) is 11.1 Å². The van der Waals surface area contributed by atoms with Gasteiger partial charge in [0, 0.05) is 22.9 Å². The first-order valence-corrected chi connectivity index (χ1v) is 7.60. The molecule has 0 aliphatic carbocycles. The number of carbonyl (C=O) groups excluding carboxylic acids is 2. The van der Waals surface area contributed by atoms with Crippen molar-refractivity contribution in [3.05, 3.63) is 22.5 Å². The summed E-state index contributed by atoms with van der Waals surface area (Å²) in [6, 6.07) is 0. The third-order valence-corrected chi connectivity index (χ3v) is 3.92. The van der Waals surface area contributed by atoms with E-state index >= 15 is 0 Å². The fourth-order valence-corrected chi connectivity index (χ4v) is 2.99. The number of ether oxygens (including phenoxy) is 1. The van der Waals surface area contributed by atoms with Gasteiger partial charge in [-0.2, -0.15) is 11.8 Å². The molecule has 1 heterocycles. The summed E-state index contributed by atoms with van der Waals surface area (Å²) in [6.07, 6.45) is 2.77. The van der Waals surface area contributed by atoms with Crippen LogP contribution >= 0.6 is 11.8 Å². The van der Waals surface area contributed by atoms with Crippen molar-refractivity contribution in [2.45, 2.75) is 27.2 Å². The molecule has 106 valence electrons. The van der Waals surface area contributed by atoms with Crippen LogP contribution < -0.4 is 5.32 Å². The molecule has 0 amide bonds. The number of methoxy groups -OCH3 is 1. The van der Waals surface area contributed by atoms with Crippen molar-refractivity contribution in [3.63, 3.8) is 0 Å². The maximum absolute atomic E-state index is 12.0. The van der Waals surface area contributed by atoms with E-state index in [9.17, 15) is 9.59 Å². The van der Waals surface area contributed by atoms with Gasteiger partial charge in [0.25, 0.3) is 0 Å². The van der Waals surface area contributed by atoms with Gasteiger partial charge in [-0.15, -0.1) is 0 Å². The Morgan fingerprint density at radius 2 is 1.84 bits per heavy atom. The summed E-state index contributed by atoms with van der Waals surface area (Å²) in [5, 5.41) is 3.11. The van der Waals surface area contributed by atoms with Crippen molar-refractivity contribution in [2.24, 2.45) is 5.92 Å². The smallest absolute Gasteiger partial charge is 0.336 e. The maximum Gasteiger partial charge on any atom is 0.336 e. The van der Waals surface area contributed by atoms with Crippen LogP contribution in [0, 0.1) is 5.92 Å². The van der Waals surface area contributed by atoms with Gasteiger partial charge >= 0.3 is 5.97 Å². The minimum absolute atomic E-state index is 0.00464. The monoisotopic (exact) mass is 283 g/mol. The number of hydrogen-bond acceptors (Lipinski definition) is 5. The second-order valence-corrected chi connectivity index (χ2v) is 5.57. The Hall–Kier alpha value is -1.23. The first kappa shape index (κ1) is 15.8. The number of dihydropyridines is 1. The largest absolute Gasteiger partial charge is 0.466 e. The Labute approximate surface area is 118 Å². The molecule has 0 saturated heterocycles. The summed E-state index contributed by atoms with van der Waals surface area (Å²) >= 11 is 1.70. The van der Waals surface area contributed by atoms with E-state index in [-0.39, 0.29) is 17.7 Å². The third-order valence-electron chi connectivity index (χ3n) is 3.28. The molecule has 1 rings (SSSR count). The summed E-state index contributed by atoms with van der Waals surface area (Å²) in [6.45, 7) is 5.27. The maximum atomic E-state index is 12.0. The van der Waals surface area contributed by atoms with Gasteiger partial charge in [-0.3, -0.25) is 4.79 Å². The number of Topliss-reactive ketones (excluding diaryl/α,β-unsaturated/α-hetero) is 1.